The van der Waals surface area contributed by atoms with Crippen molar-refractivity contribution in [2.24, 2.45) is 0 Å². The van der Waals surface area contributed by atoms with Gasteiger partial charge in [-0.15, -0.1) is 10.2 Å². The van der Waals surface area contributed by atoms with Crippen LogP contribution in [0.15, 0.2) is 77.6 Å². The summed E-state index contributed by atoms with van der Waals surface area (Å²) in [7, 11) is 1.70. The van der Waals surface area contributed by atoms with Gasteiger partial charge in [0.2, 0.25) is 0 Å². The Bertz CT molecular complexity index is 1650. The lowest BCUT2D eigenvalue weighted by atomic mass is 9.96. The van der Waals surface area contributed by atoms with E-state index in [-0.39, 0.29) is 12.1 Å². The van der Waals surface area contributed by atoms with E-state index in [1.54, 1.807) is 31.3 Å². The van der Waals surface area contributed by atoms with E-state index >= 15 is 0 Å². The second-order valence-electron chi connectivity index (χ2n) is 8.52. The molecule has 194 valence electrons. The number of fused-ring (bicyclic) bond motifs is 1. The summed E-state index contributed by atoms with van der Waals surface area (Å²) < 4.78 is 41.5. The van der Waals surface area contributed by atoms with Gasteiger partial charge in [0.1, 0.15) is 0 Å². The van der Waals surface area contributed by atoms with Crippen LogP contribution in [-0.2, 0) is 6.54 Å². The molecule has 1 atom stereocenters. The maximum Gasteiger partial charge on any atom is 0.367 e. The summed E-state index contributed by atoms with van der Waals surface area (Å²) in [5, 5.41) is 13.3. The second-order valence-corrected chi connectivity index (χ2v) is 9.39. The molecule has 0 saturated carbocycles. The lowest BCUT2D eigenvalue weighted by molar-refractivity contribution is 0.0495. The topological polar surface area (TPSA) is 64.2 Å². The van der Waals surface area contributed by atoms with E-state index < -0.39 is 18.3 Å². The number of aromatic nitrogens is 4. The lowest BCUT2D eigenvalue weighted by Gasteiger charge is -2.15. The maximum atomic E-state index is 13.7. The number of hydrogen-bond acceptors (Lipinski definition) is 4. The van der Waals surface area contributed by atoms with Gasteiger partial charge in [-0.25, -0.2) is 22.6 Å². The molecule has 5 aromatic rings. The van der Waals surface area contributed by atoms with Gasteiger partial charge in [-0.2, -0.15) is 4.52 Å². The summed E-state index contributed by atoms with van der Waals surface area (Å²) in [5.41, 5.74) is 3.16. The van der Waals surface area contributed by atoms with Gasteiger partial charge < -0.3 is 5.32 Å². The monoisotopic (exact) mass is 557 g/mol. The van der Waals surface area contributed by atoms with Crippen LogP contribution in [0.5, 0.6) is 0 Å². The molecule has 0 amide bonds. The number of anilines is 1. The third-order valence-electron chi connectivity index (χ3n) is 6.08. The number of hydrogen-bond donors (Lipinski definition) is 1. The Morgan fingerprint density at radius 2 is 1.37 bits per heavy atom. The van der Waals surface area contributed by atoms with E-state index in [1.165, 1.54) is 33.5 Å². The molecular formula is C27H20Cl2F3N5O. The maximum absolute atomic E-state index is 13.7. The Hall–Kier alpha value is -3.82. The van der Waals surface area contributed by atoms with E-state index in [0.29, 0.717) is 38.2 Å². The summed E-state index contributed by atoms with van der Waals surface area (Å²) in [4.78, 5) is 13.4. The van der Waals surface area contributed by atoms with Crippen LogP contribution >= 0.6 is 23.2 Å². The van der Waals surface area contributed by atoms with Gasteiger partial charge in [-0.05, 0) is 46.5 Å². The van der Waals surface area contributed by atoms with Crippen molar-refractivity contribution >= 4 is 34.7 Å². The Balaban J connectivity index is 1.69. The number of benzene rings is 3. The molecule has 11 heteroatoms. The zero-order valence-corrected chi connectivity index (χ0v) is 21.4. The van der Waals surface area contributed by atoms with Gasteiger partial charge in [-0.1, -0.05) is 71.7 Å². The van der Waals surface area contributed by atoms with Crippen LogP contribution in [-0.4, -0.2) is 32.9 Å². The first-order chi connectivity index (χ1) is 18.3. The Kier molecular flexibility index (Phi) is 7.14. The van der Waals surface area contributed by atoms with Crippen molar-refractivity contribution in [3.05, 3.63) is 104 Å². The molecular weight excluding hydrogens is 538 g/mol. The van der Waals surface area contributed by atoms with Crippen LogP contribution in [0.1, 0.15) is 17.3 Å². The van der Waals surface area contributed by atoms with E-state index in [2.05, 4.69) is 15.5 Å². The van der Waals surface area contributed by atoms with Crippen LogP contribution in [0.2, 0.25) is 10.0 Å². The molecule has 3 aromatic carbocycles. The zero-order valence-electron chi connectivity index (χ0n) is 19.9. The normalized spacial score (nSPS) is 12.3. The van der Waals surface area contributed by atoms with Crippen molar-refractivity contribution in [3.8, 4) is 22.3 Å². The van der Waals surface area contributed by atoms with Gasteiger partial charge in [0, 0.05) is 28.2 Å². The molecule has 2 heterocycles. The van der Waals surface area contributed by atoms with E-state index in [9.17, 15) is 18.0 Å². The molecule has 0 radical (unpaired) electrons. The predicted octanol–water partition coefficient (Wildman–Crippen LogP) is 6.90. The van der Waals surface area contributed by atoms with Crippen molar-refractivity contribution in [3.63, 3.8) is 0 Å². The first-order valence-electron chi connectivity index (χ1n) is 11.5. The van der Waals surface area contributed by atoms with Crippen molar-refractivity contribution < 1.29 is 13.2 Å². The minimum atomic E-state index is -3.12. The predicted molar refractivity (Wildman–Crippen MR) is 143 cm³/mol. The smallest absolute Gasteiger partial charge is 0.367 e. The molecule has 0 saturated heterocycles. The molecule has 1 N–H and O–H groups in total. The Morgan fingerprint density at radius 3 is 1.89 bits per heavy atom. The SMILES string of the molecule is CNc1nn2c(=O)n(Cc3ccc(C(F)C(F)F)cc3)nc2c(-c2ccc(Cl)cc2)c1-c1ccc(Cl)cc1. The Labute approximate surface area is 225 Å². The third kappa shape index (κ3) is 4.87. The Morgan fingerprint density at radius 1 is 0.816 bits per heavy atom. The van der Waals surface area contributed by atoms with Gasteiger partial charge in [0.25, 0.3) is 6.43 Å². The summed E-state index contributed by atoms with van der Waals surface area (Å²) in [5.74, 6) is 0.441. The molecule has 38 heavy (non-hydrogen) atoms. The molecule has 0 fully saturated rings. The molecule has 5 rings (SSSR count). The fourth-order valence-corrected chi connectivity index (χ4v) is 4.47. The standard InChI is InChI=1S/C27H20Cl2F3N5O/c1-33-25-21(16-6-10-19(28)11-7-16)22(17-8-12-20(29)13-9-17)26-35-36(27(38)37(26)34-25)14-15-2-4-18(5-3-15)23(30)24(31)32/h2-13,23-24H,14H2,1H3,(H,33,34). The van der Waals surface area contributed by atoms with E-state index in [0.717, 1.165) is 11.1 Å². The number of nitrogens with one attached hydrogen (secondary N) is 1. The first-order valence-corrected chi connectivity index (χ1v) is 12.3. The van der Waals surface area contributed by atoms with Crippen LogP contribution in [0.25, 0.3) is 27.9 Å². The lowest BCUT2D eigenvalue weighted by Crippen LogP contribution is -2.23. The van der Waals surface area contributed by atoms with Crippen molar-refractivity contribution in [2.75, 3.05) is 12.4 Å². The van der Waals surface area contributed by atoms with Crippen LogP contribution in [0.3, 0.4) is 0 Å². The fourth-order valence-electron chi connectivity index (χ4n) is 4.22. The summed E-state index contributed by atoms with van der Waals surface area (Å²) in [6.07, 6.45) is -5.49. The summed E-state index contributed by atoms with van der Waals surface area (Å²) >= 11 is 12.3. The number of halogens is 5. The van der Waals surface area contributed by atoms with Gasteiger partial charge in [0.05, 0.1) is 6.54 Å². The number of alkyl halides is 3. The minimum Gasteiger partial charge on any atom is -0.371 e. The number of nitrogens with zero attached hydrogens (tertiary/aromatic N) is 4. The van der Waals surface area contributed by atoms with E-state index in [4.69, 9.17) is 23.2 Å². The minimum absolute atomic E-state index is 0.0271. The van der Waals surface area contributed by atoms with Crippen molar-refractivity contribution in [2.45, 2.75) is 19.1 Å². The largest absolute Gasteiger partial charge is 0.371 e. The van der Waals surface area contributed by atoms with Crippen molar-refractivity contribution in [1.82, 2.24) is 19.4 Å². The summed E-state index contributed by atoms with van der Waals surface area (Å²) in [6.45, 7) is 0.0271. The second kappa shape index (κ2) is 10.5. The number of rotatable bonds is 7. The highest BCUT2D eigenvalue weighted by Crippen LogP contribution is 2.39. The first kappa shape index (κ1) is 25.8. The van der Waals surface area contributed by atoms with Crippen LogP contribution in [0, 0.1) is 0 Å². The summed E-state index contributed by atoms with van der Waals surface area (Å²) in [6, 6.07) is 19.9. The molecule has 0 spiro atoms. The molecule has 0 aliphatic rings. The average molecular weight is 558 g/mol. The highest BCUT2D eigenvalue weighted by atomic mass is 35.5. The van der Waals surface area contributed by atoms with Gasteiger partial charge >= 0.3 is 5.69 Å². The molecule has 0 aliphatic carbocycles. The molecule has 0 aliphatic heterocycles. The van der Waals surface area contributed by atoms with Gasteiger partial charge in [0.15, 0.2) is 17.6 Å². The van der Waals surface area contributed by atoms with Crippen LogP contribution < -0.4 is 11.0 Å². The molecule has 1 unspecified atom stereocenters. The van der Waals surface area contributed by atoms with E-state index in [1.807, 2.05) is 24.3 Å². The molecule has 6 nitrogen and oxygen atoms in total. The quantitative estimate of drug-likeness (QED) is 0.236. The fraction of sp³-hybridized carbons (Fsp3) is 0.148. The third-order valence-corrected chi connectivity index (χ3v) is 6.59. The molecule has 2 aromatic heterocycles. The van der Waals surface area contributed by atoms with Gasteiger partial charge in [-0.3, -0.25) is 0 Å². The molecule has 0 bridgehead atoms. The van der Waals surface area contributed by atoms with Crippen LogP contribution in [0.4, 0.5) is 19.0 Å². The highest BCUT2D eigenvalue weighted by Gasteiger charge is 2.24. The zero-order chi connectivity index (χ0) is 27.0. The van der Waals surface area contributed by atoms with Crippen molar-refractivity contribution in [1.29, 1.82) is 0 Å². The highest BCUT2D eigenvalue weighted by molar-refractivity contribution is 6.31. The average Bonchev–Trinajstić information content (AvgIpc) is 3.23.